The Morgan fingerprint density at radius 2 is 1.95 bits per heavy atom. The SMILES string of the molecule is Cc1cccc(NC(N)=NCCCOc2ccccc2)c1. The third kappa shape index (κ3) is 5.57. The van der Waals surface area contributed by atoms with E-state index in [1.165, 1.54) is 5.56 Å². The van der Waals surface area contributed by atoms with E-state index >= 15 is 0 Å². The van der Waals surface area contributed by atoms with Gasteiger partial charge in [-0.15, -0.1) is 0 Å². The van der Waals surface area contributed by atoms with Gasteiger partial charge in [0.1, 0.15) is 5.75 Å². The first-order valence-corrected chi connectivity index (χ1v) is 7.05. The normalized spacial score (nSPS) is 11.2. The number of aliphatic imine (C=N–C) groups is 1. The Hall–Kier alpha value is -2.49. The molecule has 0 fully saturated rings. The lowest BCUT2D eigenvalue weighted by molar-refractivity contribution is 0.313. The van der Waals surface area contributed by atoms with Gasteiger partial charge in [0.2, 0.25) is 0 Å². The summed E-state index contributed by atoms with van der Waals surface area (Å²) in [5.74, 6) is 1.31. The van der Waals surface area contributed by atoms with E-state index in [1.807, 2.05) is 61.5 Å². The summed E-state index contributed by atoms with van der Waals surface area (Å²) in [6, 6.07) is 17.8. The summed E-state index contributed by atoms with van der Waals surface area (Å²) >= 11 is 0. The van der Waals surface area contributed by atoms with Gasteiger partial charge < -0.3 is 15.8 Å². The molecule has 110 valence electrons. The molecule has 0 aliphatic rings. The summed E-state index contributed by atoms with van der Waals surface area (Å²) in [7, 11) is 0. The van der Waals surface area contributed by atoms with Crippen LogP contribution in [-0.2, 0) is 0 Å². The number of benzene rings is 2. The van der Waals surface area contributed by atoms with Crippen LogP contribution in [0.3, 0.4) is 0 Å². The molecule has 0 aliphatic heterocycles. The minimum Gasteiger partial charge on any atom is -0.494 e. The molecule has 2 rings (SSSR count). The van der Waals surface area contributed by atoms with Crippen LogP contribution in [0, 0.1) is 6.92 Å². The molecule has 4 heteroatoms. The number of hydrogen-bond acceptors (Lipinski definition) is 2. The lowest BCUT2D eigenvalue weighted by Gasteiger charge is -2.07. The number of rotatable bonds is 6. The van der Waals surface area contributed by atoms with E-state index in [1.54, 1.807) is 0 Å². The van der Waals surface area contributed by atoms with E-state index in [0.717, 1.165) is 17.9 Å². The van der Waals surface area contributed by atoms with Gasteiger partial charge in [-0.05, 0) is 36.8 Å². The van der Waals surface area contributed by atoms with E-state index in [0.29, 0.717) is 19.1 Å². The van der Waals surface area contributed by atoms with Crippen molar-refractivity contribution in [1.82, 2.24) is 0 Å². The molecule has 0 heterocycles. The molecule has 0 saturated heterocycles. The second-order valence-corrected chi connectivity index (χ2v) is 4.78. The molecule has 0 radical (unpaired) electrons. The quantitative estimate of drug-likeness (QED) is 0.486. The van der Waals surface area contributed by atoms with Crippen molar-refractivity contribution in [2.75, 3.05) is 18.5 Å². The number of ether oxygens (including phenoxy) is 1. The Bertz CT molecular complexity index is 582. The van der Waals surface area contributed by atoms with Crippen LogP contribution in [0.1, 0.15) is 12.0 Å². The van der Waals surface area contributed by atoms with Crippen molar-refractivity contribution in [3.05, 3.63) is 60.2 Å². The Labute approximate surface area is 125 Å². The van der Waals surface area contributed by atoms with Crippen molar-refractivity contribution in [3.8, 4) is 5.75 Å². The summed E-state index contributed by atoms with van der Waals surface area (Å²) in [6.45, 7) is 3.31. The van der Waals surface area contributed by atoms with Crippen LogP contribution in [0.4, 0.5) is 5.69 Å². The Kier molecular flexibility index (Phi) is 5.64. The first-order chi connectivity index (χ1) is 10.2. The number of aryl methyl sites for hydroxylation is 1. The van der Waals surface area contributed by atoms with Gasteiger partial charge >= 0.3 is 0 Å². The van der Waals surface area contributed by atoms with Crippen molar-refractivity contribution < 1.29 is 4.74 Å². The molecular formula is C17H21N3O. The van der Waals surface area contributed by atoms with Gasteiger partial charge in [0.05, 0.1) is 6.61 Å². The van der Waals surface area contributed by atoms with Crippen LogP contribution in [0.2, 0.25) is 0 Å². The molecule has 0 unspecified atom stereocenters. The molecule has 0 saturated carbocycles. The molecule has 3 N–H and O–H groups in total. The van der Waals surface area contributed by atoms with E-state index in [-0.39, 0.29) is 0 Å². The summed E-state index contributed by atoms with van der Waals surface area (Å²) in [4.78, 5) is 4.28. The second-order valence-electron chi connectivity index (χ2n) is 4.78. The zero-order valence-corrected chi connectivity index (χ0v) is 12.3. The van der Waals surface area contributed by atoms with Crippen LogP contribution < -0.4 is 15.8 Å². The summed E-state index contributed by atoms with van der Waals surface area (Å²) < 4.78 is 5.59. The monoisotopic (exact) mass is 283 g/mol. The van der Waals surface area contributed by atoms with E-state index in [4.69, 9.17) is 10.5 Å². The van der Waals surface area contributed by atoms with Crippen LogP contribution >= 0.6 is 0 Å². The van der Waals surface area contributed by atoms with Gasteiger partial charge in [0.25, 0.3) is 0 Å². The third-order valence-electron chi connectivity index (χ3n) is 2.89. The molecular weight excluding hydrogens is 262 g/mol. The van der Waals surface area contributed by atoms with Crippen molar-refractivity contribution in [2.24, 2.45) is 10.7 Å². The molecule has 21 heavy (non-hydrogen) atoms. The minimum atomic E-state index is 0.431. The first kappa shape index (κ1) is 14.9. The number of anilines is 1. The average Bonchev–Trinajstić information content (AvgIpc) is 2.48. The lowest BCUT2D eigenvalue weighted by atomic mass is 10.2. The number of hydrogen-bond donors (Lipinski definition) is 2. The van der Waals surface area contributed by atoms with Crippen molar-refractivity contribution >= 4 is 11.6 Å². The highest BCUT2D eigenvalue weighted by Crippen LogP contribution is 2.09. The minimum absolute atomic E-state index is 0.431. The molecule has 0 aliphatic carbocycles. The number of guanidine groups is 1. The fourth-order valence-electron chi connectivity index (χ4n) is 1.88. The van der Waals surface area contributed by atoms with Crippen molar-refractivity contribution in [3.63, 3.8) is 0 Å². The molecule has 0 bridgehead atoms. The zero-order valence-electron chi connectivity index (χ0n) is 12.3. The molecule has 2 aromatic rings. The van der Waals surface area contributed by atoms with Crippen LogP contribution in [0.25, 0.3) is 0 Å². The predicted molar refractivity (Wildman–Crippen MR) is 87.8 cm³/mol. The van der Waals surface area contributed by atoms with Crippen LogP contribution in [0.5, 0.6) is 5.75 Å². The number of nitrogens with zero attached hydrogens (tertiary/aromatic N) is 1. The van der Waals surface area contributed by atoms with Crippen molar-refractivity contribution in [1.29, 1.82) is 0 Å². The Morgan fingerprint density at radius 3 is 2.71 bits per heavy atom. The van der Waals surface area contributed by atoms with E-state index in [2.05, 4.69) is 10.3 Å². The molecule has 2 aromatic carbocycles. The fraction of sp³-hybridized carbons (Fsp3) is 0.235. The standard InChI is InChI=1S/C17H21N3O/c1-14-7-5-8-15(13-14)20-17(18)19-11-6-12-21-16-9-3-2-4-10-16/h2-5,7-10,13H,6,11-12H2,1H3,(H3,18,19,20). The molecule has 4 nitrogen and oxygen atoms in total. The summed E-state index contributed by atoms with van der Waals surface area (Å²) in [6.07, 6.45) is 0.824. The first-order valence-electron chi connectivity index (χ1n) is 7.05. The highest BCUT2D eigenvalue weighted by atomic mass is 16.5. The fourth-order valence-corrected chi connectivity index (χ4v) is 1.88. The Balaban J connectivity index is 1.69. The lowest BCUT2D eigenvalue weighted by Crippen LogP contribution is -2.23. The molecule has 0 atom stereocenters. The topological polar surface area (TPSA) is 59.6 Å². The van der Waals surface area contributed by atoms with Gasteiger partial charge in [-0.1, -0.05) is 30.3 Å². The van der Waals surface area contributed by atoms with Crippen LogP contribution in [0.15, 0.2) is 59.6 Å². The van der Waals surface area contributed by atoms with E-state index in [9.17, 15) is 0 Å². The maximum atomic E-state index is 5.85. The van der Waals surface area contributed by atoms with Gasteiger partial charge in [-0.3, -0.25) is 4.99 Å². The molecule has 0 amide bonds. The van der Waals surface area contributed by atoms with Gasteiger partial charge in [0.15, 0.2) is 5.96 Å². The van der Waals surface area contributed by atoms with Gasteiger partial charge in [0, 0.05) is 18.7 Å². The zero-order chi connectivity index (χ0) is 14.9. The number of nitrogens with one attached hydrogen (secondary N) is 1. The van der Waals surface area contributed by atoms with Crippen molar-refractivity contribution in [2.45, 2.75) is 13.3 Å². The van der Waals surface area contributed by atoms with Crippen LogP contribution in [-0.4, -0.2) is 19.1 Å². The third-order valence-corrected chi connectivity index (χ3v) is 2.89. The highest BCUT2D eigenvalue weighted by Gasteiger charge is 1.96. The largest absolute Gasteiger partial charge is 0.494 e. The molecule has 0 spiro atoms. The number of nitrogens with two attached hydrogens (primary N) is 1. The number of para-hydroxylation sites is 1. The Morgan fingerprint density at radius 1 is 1.14 bits per heavy atom. The smallest absolute Gasteiger partial charge is 0.193 e. The summed E-state index contributed by atoms with van der Waals surface area (Å²) in [5.41, 5.74) is 7.99. The summed E-state index contributed by atoms with van der Waals surface area (Å²) in [5, 5.41) is 3.08. The maximum absolute atomic E-state index is 5.85. The van der Waals surface area contributed by atoms with E-state index < -0.39 is 0 Å². The maximum Gasteiger partial charge on any atom is 0.193 e. The average molecular weight is 283 g/mol. The molecule has 0 aromatic heterocycles. The van der Waals surface area contributed by atoms with Gasteiger partial charge in [-0.2, -0.15) is 0 Å². The predicted octanol–water partition coefficient (Wildman–Crippen LogP) is 3.19. The highest BCUT2D eigenvalue weighted by molar-refractivity contribution is 5.92. The van der Waals surface area contributed by atoms with Gasteiger partial charge in [-0.25, -0.2) is 0 Å². The second kappa shape index (κ2) is 7.94.